The lowest BCUT2D eigenvalue weighted by molar-refractivity contribution is -0.138. The second-order valence-electron chi connectivity index (χ2n) is 10.1. The molecule has 2 aromatic rings. The Balaban J connectivity index is 1.39. The van der Waals surface area contributed by atoms with E-state index >= 15 is 0 Å². The van der Waals surface area contributed by atoms with Gasteiger partial charge in [0.05, 0.1) is 12.0 Å². The van der Waals surface area contributed by atoms with Gasteiger partial charge in [0.15, 0.2) is 0 Å². The van der Waals surface area contributed by atoms with E-state index in [0.717, 1.165) is 24.0 Å². The van der Waals surface area contributed by atoms with Crippen molar-refractivity contribution < 1.29 is 24.2 Å². The number of carbonyl (C=O) groups excluding carboxylic acids is 2. The predicted molar refractivity (Wildman–Crippen MR) is 133 cm³/mol. The molecule has 2 aromatic carbocycles. The number of hydrogen-bond acceptors (Lipinski definition) is 4. The van der Waals surface area contributed by atoms with Crippen molar-refractivity contribution in [3.8, 4) is 11.1 Å². The number of alkyl carbamates (subject to hydrolysis) is 1. The van der Waals surface area contributed by atoms with Gasteiger partial charge in [0.25, 0.3) is 0 Å². The number of rotatable bonds is 9. The van der Waals surface area contributed by atoms with E-state index in [1.165, 1.54) is 11.1 Å². The van der Waals surface area contributed by atoms with Crippen molar-refractivity contribution in [3.05, 3.63) is 59.7 Å². The van der Waals surface area contributed by atoms with Crippen LogP contribution in [0.1, 0.15) is 69.4 Å². The minimum atomic E-state index is -0.948. The molecular weight excluding hydrogens is 444 g/mol. The van der Waals surface area contributed by atoms with Crippen LogP contribution in [0.2, 0.25) is 0 Å². The summed E-state index contributed by atoms with van der Waals surface area (Å²) in [6.45, 7) is 3.98. The van der Waals surface area contributed by atoms with Gasteiger partial charge in [0.1, 0.15) is 6.61 Å². The maximum atomic E-state index is 12.9. The van der Waals surface area contributed by atoms with E-state index in [-0.39, 0.29) is 37.2 Å². The van der Waals surface area contributed by atoms with Crippen LogP contribution in [0.15, 0.2) is 48.5 Å². The number of nitrogens with one attached hydrogen (secondary N) is 2. The van der Waals surface area contributed by atoms with E-state index < -0.39 is 23.6 Å². The van der Waals surface area contributed by atoms with Crippen molar-refractivity contribution >= 4 is 18.0 Å². The lowest BCUT2D eigenvalue weighted by Gasteiger charge is -2.31. The van der Waals surface area contributed by atoms with Gasteiger partial charge in [-0.1, -0.05) is 75.2 Å². The Morgan fingerprint density at radius 2 is 1.57 bits per heavy atom. The molecular formula is C28H34N2O5. The van der Waals surface area contributed by atoms with E-state index in [1.54, 1.807) is 0 Å². The van der Waals surface area contributed by atoms with Crippen molar-refractivity contribution in [3.63, 3.8) is 0 Å². The molecule has 7 nitrogen and oxygen atoms in total. The first kappa shape index (κ1) is 24.8. The van der Waals surface area contributed by atoms with Crippen LogP contribution in [0.25, 0.3) is 11.1 Å². The van der Waals surface area contributed by atoms with Crippen molar-refractivity contribution in [2.75, 3.05) is 6.61 Å². The van der Waals surface area contributed by atoms with Crippen molar-refractivity contribution in [2.45, 2.75) is 69.9 Å². The van der Waals surface area contributed by atoms with Gasteiger partial charge in [-0.2, -0.15) is 0 Å². The van der Waals surface area contributed by atoms with Gasteiger partial charge >= 0.3 is 12.1 Å². The normalized spacial score (nSPS) is 16.9. The molecule has 0 aliphatic heterocycles. The van der Waals surface area contributed by atoms with Crippen molar-refractivity contribution in [2.24, 2.45) is 5.92 Å². The summed E-state index contributed by atoms with van der Waals surface area (Å²) in [4.78, 5) is 36.9. The van der Waals surface area contributed by atoms with E-state index in [1.807, 2.05) is 38.1 Å². The molecule has 2 aliphatic carbocycles. The van der Waals surface area contributed by atoms with Gasteiger partial charge in [-0.25, -0.2) is 4.79 Å². The summed E-state index contributed by atoms with van der Waals surface area (Å²) in [5.74, 6) is -1.23. The summed E-state index contributed by atoms with van der Waals surface area (Å²) >= 11 is 0. The molecule has 0 unspecified atom stereocenters. The maximum Gasteiger partial charge on any atom is 0.407 e. The van der Waals surface area contributed by atoms with Gasteiger partial charge in [-0.15, -0.1) is 0 Å². The minimum Gasteiger partial charge on any atom is -0.481 e. The molecule has 2 amide bonds. The third kappa shape index (κ3) is 5.66. The van der Waals surface area contributed by atoms with Gasteiger partial charge in [0, 0.05) is 18.4 Å². The second-order valence-corrected chi connectivity index (χ2v) is 10.1. The van der Waals surface area contributed by atoms with Crippen molar-refractivity contribution in [1.82, 2.24) is 10.6 Å². The molecule has 0 heterocycles. The average Bonchev–Trinajstić information content (AvgIpc) is 3.39. The van der Waals surface area contributed by atoms with Crippen molar-refractivity contribution in [1.29, 1.82) is 0 Å². The van der Waals surface area contributed by atoms with Gasteiger partial charge in [0.2, 0.25) is 5.91 Å². The van der Waals surface area contributed by atoms with E-state index in [0.29, 0.717) is 12.8 Å². The highest BCUT2D eigenvalue weighted by Crippen LogP contribution is 2.44. The molecule has 35 heavy (non-hydrogen) atoms. The Hall–Kier alpha value is -3.35. The van der Waals surface area contributed by atoms with Crippen LogP contribution < -0.4 is 10.6 Å². The number of benzene rings is 2. The van der Waals surface area contributed by atoms with Crippen LogP contribution in [-0.4, -0.2) is 41.3 Å². The molecule has 0 saturated heterocycles. The Kier molecular flexibility index (Phi) is 7.43. The minimum absolute atomic E-state index is 0.00957. The highest BCUT2D eigenvalue weighted by Gasteiger charge is 2.39. The van der Waals surface area contributed by atoms with Crippen LogP contribution in [0.4, 0.5) is 4.79 Å². The number of ether oxygens (including phenoxy) is 1. The summed E-state index contributed by atoms with van der Waals surface area (Å²) in [5.41, 5.74) is 3.96. The lowest BCUT2D eigenvalue weighted by atomic mass is 9.92. The maximum absolute atomic E-state index is 12.9. The van der Waals surface area contributed by atoms with E-state index in [2.05, 4.69) is 34.9 Å². The number of amides is 2. The molecule has 186 valence electrons. The first-order valence-corrected chi connectivity index (χ1v) is 12.4. The summed E-state index contributed by atoms with van der Waals surface area (Å²) in [6, 6.07) is 15.9. The quantitative estimate of drug-likeness (QED) is 0.478. The fourth-order valence-corrected chi connectivity index (χ4v) is 5.46. The smallest absolute Gasteiger partial charge is 0.407 e. The fourth-order valence-electron chi connectivity index (χ4n) is 5.46. The summed E-state index contributed by atoms with van der Waals surface area (Å²) in [5, 5.41) is 15.0. The molecule has 1 saturated carbocycles. The third-order valence-electron chi connectivity index (χ3n) is 7.32. The monoisotopic (exact) mass is 478 g/mol. The zero-order valence-corrected chi connectivity index (χ0v) is 20.4. The van der Waals surface area contributed by atoms with Gasteiger partial charge in [-0.3, -0.25) is 9.59 Å². The fraction of sp³-hybridized carbons (Fsp3) is 0.464. The Labute approximate surface area is 206 Å². The highest BCUT2D eigenvalue weighted by atomic mass is 16.5. The highest BCUT2D eigenvalue weighted by molar-refractivity contribution is 5.81. The zero-order chi connectivity index (χ0) is 25.0. The molecule has 7 heteroatoms. The van der Waals surface area contributed by atoms with E-state index in [9.17, 15) is 14.4 Å². The largest absolute Gasteiger partial charge is 0.481 e. The van der Waals surface area contributed by atoms with Crippen LogP contribution in [0.3, 0.4) is 0 Å². The molecule has 0 radical (unpaired) electrons. The first-order chi connectivity index (χ1) is 16.8. The number of carboxylic acid groups (broad SMARTS) is 1. The predicted octanol–water partition coefficient (Wildman–Crippen LogP) is 4.84. The number of aliphatic carboxylic acids is 1. The molecule has 2 aliphatic rings. The standard InChI is InChI=1S/C28H34N2O5/c1-18(2)24(15-26(32)33)29-25(31)16-28(13-7-8-14-28)30-27(34)35-17-23-21-11-5-3-9-19(21)20-10-4-6-12-22(20)23/h3-6,9-12,18,23-24H,7-8,13-17H2,1-2H3,(H,29,31)(H,30,34)(H,32,33)/t24-/m1/s1. The average molecular weight is 479 g/mol. The zero-order valence-electron chi connectivity index (χ0n) is 20.4. The SMILES string of the molecule is CC(C)[C@@H](CC(=O)O)NC(=O)CC1(NC(=O)OCC2c3ccccc3-c3ccccc32)CCCC1. The first-order valence-electron chi connectivity index (χ1n) is 12.4. The molecule has 0 aromatic heterocycles. The number of fused-ring (bicyclic) bond motifs is 3. The Morgan fingerprint density at radius 1 is 1.00 bits per heavy atom. The molecule has 1 atom stereocenters. The number of hydrogen-bond donors (Lipinski definition) is 3. The Bertz CT molecular complexity index is 1040. The summed E-state index contributed by atoms with van der Waals surface area (Å²) < 4.78 is 5.72. The van der Waals surface area contributed by atoms with Gasteiger partial charge < -0.3 is 20.5 Å². The van der Waals surface area contributed by atoms with E-state index in [4.69, 9.17) is 9.84 Å². The van der Waals surface area contributed by atoms with Crippen LogP contribution >= 0.6 is 0 Å². The topological polar surface area (TPSA) is 105 Å². The number of carbonyl (C=O) groups is 3. The molecule has 0 bridgehead atoms. The molecule has 1 fully saturated rings. The molecule has 0 spiro atoms. The second kappa shape index (κ2) is 10.5. The summed E-state index contributed by atoms with van der Waals surface area (Å²) in [6.07, 6.45) is 2.67. The summed E-state index contributed by atoms with van der Waals surface area (Å²) in [7, 11) is 0. The number of carboxylic acids is 1. The third-order valence-corrected chi connectivity index (χ3v) is 7.32. The van der Waals surface area contributed by atoms with Gasteiger partial charge in [-0.05, 0) is 41.0 Å². The Morgan fingerprint density at radius 3 is 2.11 bits per heavy atom. The van der Waals surface area contributed by atoms with Crippen LogP contribution in [0, 0.1) is 5.92 Å². The van der Waals surface area contributed by atoms with Crippen LogP contribution in [0.5, 0.6) is 0 Å². The van der Waals surface area contributed by atoms with Crippen LogP contribution in [-0.2, 0) is 14.3 Å². The molecule has 3 N–H and O–H groups in total. The lowest BCUT2D eigenvalue weighted by Crippen LogP contribution is -2.51. The molecule has 4 rings (SSSR count).